The first-order valence-corrected chi connectivity index (χ1v) is 4.26. The van der Waals surface area contributed by atoms with Gasteiger partial charge in [-0.3, -0.25) is 4.57 Å². The van der Waals surface area contributed by atoms with Crippen LogP contribution in [0.1, 0.15) is 12.8 Å². The van der Waals surface area contributed by atoms with Crippen molar-refractivity contribution in [2.75, 3.05) is 0 Å². The van der Waals surface area contributed by atoms with Crippen LogP contribution in [-0.2, 0) is 4.57 Å². The molecule has 0 aromatic carbocycles. The van der Waals surface area contributed by atoms with Crippen molar-refractivity contribution >= 4 is 7.60 Å². The number of unbranched alkanes of at least 4 members (excludes halogenated alkanes) is 1. The van der Waals surface area contributed by atoms with Crippen LogP contribution in [0.2, 0.25) is 0 Å². The monoisotopic (exact) mass is 149 g/mol. The number of hydrogen-bond donors (Lipinski definition) is 2. The molecule has 0 aliphatic rings. The summed E-state index contributed by atoms with van der Waals surface area (Å²) < 4.78 is 10.1. The lowest BCUT2D eigenvalue weighted by atomic mass is 10.3. The fourth-order valence-corrected chi connectivity index (χ4v) is 0.753. The first-order valence-electron chi connectivity index (χ1n) is 2.58. The van der Waals surface area contributed by atoms with Gasteiger partial charge in [-0.1, -0.05) is 13.0 Å². The quantitative estimate of drug-likeness (QED) is 0.594. The molecule has 0 saturated heterocycles. The molecular formula is C5H10O3P. The second-order valence-electron chi connectivity index (χ2n) is 1.62. The third kappa shape index (κ3) is 7.89. The minimum Gasteiger partial charge on any atom is -0.321 e. The molecule has 0 aromatic heterocycles. The lowest BCUT2D eigenvalue weighted by Crippen LogP contribution is -1.68. The molecule has 0 aliphatic carbocycles. The minimum absolute atomic E-state index is 0.616. The zero-order chi connectivity index (χ0) is 7.33. The van der Waals surface area contributed by atoms with Crippen LogP contribution in [0, 0.1) is 6.92 Å². The average Bonchev–Trinajstić information content (AvgIpc) is 1.63. The van der Waals surface area contributed by atoms with E-state index in [1.807, 2.05) is 0 Å². The first-order chi connectivity index (χ1) is 4.06. The van der Waals surface area contributed by atoms with E-state index in [4.69, 9.17) is 9.79 Å². The van der Waals surface area contributed by atoms with Crippen molar-refractivity contribution in [3.8, 4) is 0 Å². The Hall–Kier alpha value is -0.110. The zero-order valence-electron chi connectivity index (χ0n) is 5.03. The van der Waals surface area contributed by atoms with E-state index in [1.54, 1.807) is 0 Å². The number of rotatable bonds is 3. The molecule has 0 rings (SSSR count). The van der Waals surface area contributed by atoms with Gasteiger partial charge in [-0.05, 0) is 12.8 Å². The summed E-state index contributed by atoms with van der Waals surface area (Å²) in [4.78, 5) is 16.5. The highest BCUT2D eigenvalue weighted by Gasteiger charge is 2.03. The molecule has 4 heteroatoms. The van der Waals surface area contributed by atoms with Gasteiger partial charge < -0.3 is 9.79 Å². The maximum Gasteiger partial charge on any atom is 0.348 e. The third-order valence-corrected chi connectivity index (χ3v) is 1.27. The van der Waals surface area contributed by atoms with E-state index in [1.165, 1.54) is 6.08 Å². The molecule has 0 spiro atoms. The summed E-state index contributed by atoms with van der Waals surface area (Å²) in [6.45, 7) is 3.50. The molecule has 53 valence electrons. The van der Waals surface area contributed by atoms with Gasteiger partial charge >= 0.3 is 7.60 Å². The summed E-state index contributed by atoms with van der Waals surface area (Å²) in [5.41, 5.74) is 0. The van der Waals surface area contributed by atoms with Crippen molar-refractivity contribution < 1.29 is 14.4 Å². The van der Waals surface area contributed by atoms with E-state index in [9.17, 15) is 4.57 Å². The van der Waals surface area contributed by atoms with E-state index in [-0.39, 0.29) is 0 Å². The normalized spacial score (nSPS) is 12.8. The SMILES string of the molecule is [CH2]CCC=CP(=O)(O)O. The fraction of sp³-hybridized carbons (Fsp3) is 0.400. The second-order valence-corrected chi connectivity index (χ2v) is 3.09. The van der Waals surface area contributed by atoms with Crippen molar-refractivity contribution in [1.82, 2.24) is 0 Å². The van der Waals surface area contributed by atoms with E-state index in [2.05, 4.69) is 6.92 Å². The van der Waals surface area contributed by atoms with Crippen LogP contribution in [-0.4, -0.2) is 9.79 Å². The highest BCUT2D eigenvalue weighted by atomic mass is 31.2. The highest BCUT2D eigenvalue weighted by Crippen LogP contribution is 2.35. The van der Waals surface area contributed by atoms with Crippen LogP contribution in [0.25, 0.3) is 0 Å². The van der Waals surface area contributed by atoms with Gasteiger partial charge in [-0.2, -0.15) is 0 Å². The largest absolute Gasteiger partial charge is 0.348 e. The lowest BCUT2D eigenvalue weighted by Gasteiger charge is -1.91. The molecule has 9 heavy (non-hydrogen) atoms. The Labute approximate surface area is 54.6 Å². The number of hydrogen-bond acceptors (Lipinski definition) is 1. The molecule has 0 heterocycles. The van der Waals surface area contributed by atoms with Gasteiger partial charge in [0, 0.05) is 5.82 Å². The summed E-state index contributed by atoms with van der Waals surface area (Å²) >= 11 is 0. The average molecular weight is 149 g/mol. The smallest absolute Gasteiger partial charge is 0.321 e. The van der Waals surface area contributed by atoms with Crippen molar-refractivity contribution in [2.24, 2.45) is 0 Å². The molecule has 0 saturated carbocycles. The van der Waals surface area contributed by atoms with Gasteiger partial charge in [0.2, 0.25) is 0 Å². The molecule has 1 radical (unpaired) electrons. The molecule has 0 aliphatic heterocycles. The van der Waals surface area contributed by atoms with Crippen LogP contribution >= 0.6 is 7.60 Å². The van der Waals surface area contributed by atoms with Crippen molar-refractivity contribution in [1.29, 1.82) is 0 Å². The van der Waals surface area contributed by atoms with Crippen LogP contribution in [0.4, 0.5) is 0 Å². The van der Waals surface area contributed by atoms with Gasteiger partial charge in [0.15, 0.2) is 0 Å². The van der Waals surface area contributed by atoms with Gasteiger partial charge in [-0.25, -0.2) is 0 Å². The topological polar surface area (TPSA) is 57.5 Å². The Kier molecular flexibility index (Phi) is 3.78. The Morgan fingerprint density at radius 2 is 2.11 bits per heavy atom. The van der Waals surface area contributed by atoms with Crippen molar-refractivity contribution in [3.05, 3.63) is 18.8 Å². The van der Waals surface area contributed by atoms with Gasteiger partial charge in [0.25, 0.3) is 0 Å². The number of allylic oxidation sites excluding steroid dienone is 1. The predicted molar refractivity (Wildman–Crippen MR) is 35.8 cm³/mol. The van der Waals surface area contributed by atoms with Gasteiger partial charge in [0.05, 0.1) is 0 Å². The zero-order valence-corrected chi connectivity index (χ0v) is 5.92. The van der Waals surface area contributed by atoms with Crippen molar-refractivity contribution in [3.63, 3.8) is 0 Å². The van der Waals surface area contributed by atoms with Crippen molar-refractivity contribution in [2.45, 2.75) is 12.8 Å². The van der Waals surface area contributed by atoms with Crippen LogP contribution in [0.3, 0.4) is 0 Å². The first kappa shape index (κ1) is 8.89. The maximum atomic E-state index is 10.1. The van der Waals surface area contributed by atoms with E-state index >= 15 is 0 Å². The van der Waals surface area contributed by atoms with Gasteiger partial charge in [0.1, 0.15) is 0 Å². The molecule has 0 bridgehead atoms. The third-order valence-electron chi connectivity index (χ3n) is 0.670. The Bertz CT molecular complexity index is 135. The Morgan fingerprint density at radius 1 is 1.56 bits per heavy atom. The second kappa shape index (κ2) is 3.83. The summed E-state index contributed by atoms with van der Waals surface area (Å²) in [5, 5.41) is 0. The molecular weight excluding hydrogens is 139 g/mol. The van der Waals surface area contributed by atoms with Crippen LogP contribution < -0.4 is 0 Å². The molecule has 0 atom stereocenters. The standard InChI is InChI=1S/C5H10O3P/c1-2-3-4-5-9(6,7)8/h4-5H,1-3H2,(H2,6,7,8). The van der Waals surface area contributed by atoms with Crippen LogP contribution in [0.15, 0.2) is 11.9 Å². The molecule has 0 amide bonds. The van der Waals surface area contributed by atoms with Crippen LogP contribution in [0.5, 0.6) is 0 Å². The summed E-state index contributed by atoms with van der Waals surface area (Å²) in [5.74, 6) is 0.901. The molecule has 2 N–H and O–H groups in total. The Balaban J connectivity index is 3.58. The molecule has 0 unspecified atom stereocenters. The van der Waals surface area contributed by atoms with E-state index in [0.29, 0.717) is 12.8 Å². The summed E-state index contributed by atoms with van der Waals surface area (Å²) in [7, 11) is -3.90. The van der Waals surface area contributed by atoms with E-state index < -0.39 is 7.60 Å². The Morgan fingerprint density at radius 3 is 2.44 bits per heavy atom. The van der Waals surface area contributed by atoms with E-state index in [0.717, 1.165) is 5.82 Å². The molecule has 0 fully saturated rings. The lowest BCUT2D eigenvalue weighted by molar-refractivity contribution is 0.386. The summed E-state index contributed by atoms with van der Waals surface area (Å²) in [6, 6.07) is 0. The highest BCUT2D eigenvalue weighted by molar-refractivity contribution is 7.55. The van der Waals surface area contributed by atoms with Gasteiger partial charge in [-0.15, -0.1) is 0 Å². The summed E-state index contributed by atoms with van der Waals surface area (Å²) in [6.07, 6.45) is 2.72. The predicted octanol–water partition coefficient (Wildman–Crippen LogP) is 1.29. The minimum atomic E-state index is -3.90. The molecule has 3 nitrogen and oxygen atoms in total. The molecule has 0 aromatic rings. The fourth-order valence-electron chi connectivity index (χ4n) is 0.330. The maximum absolute atomic E-state index is 10.1.